The minimum absolute atomic E-state index is 0. The monoisotopic (exact) mass is 2220 g/mol. The number of ketones is 3. The zero-order valence-electron chi connectivity index (χ0n) is 66.0. The Hall–Kier alpha value is -9.10. The molecule has 0 fully saturated rings. The first-order chi connectivity index (χ1) is 52.0. The molecule has 5 aromatic carbocycles. The van der Waals surface area contributed by atoms with E-state index in [9.17, 15) is 14.4 Å². The first-order valence-electron chi connectivity index (χ1n) is 36.7. The first kappa shape index (κ1) is 95.3. The van der Waals surface area contributed by atoms with Crippen LogP contribution in [0.5, 0.6) is 0 Å². The van der Waals surface area contributed by atoms with Crippen molar-refractivity contribution in [2.24, 2.45) is 0 Å². The fourth-order valence-electron chi connectivity index (χ4n) is 13.0. The predicted molar refractivity (Wildman–Crippen MR) is 448 cm³/mol. The van der Waals surface area contributed by atoms with E-state index in [1.54, 1.807) is 11.3 Å². The molecule has 0 saturated carbocycles. The van der Waals surface area contributed by atoms with Crippen molar-refractivity contribution in [1.29, 1.82) is 0 Å². The van der Waals surface area contributed by atoms with Crippen LogP contribution in [0.1, 0.15) is 166 Å². The zero-order valence-corrected chi connectivity index (χ0v) is 76.3. The minimum Gasteiger partial charge on any atom is -0.657 e. The van der Waals surface area contributed by atoms with E-state index in [1.165, 1.54) is 136 Å². The SMILES string of the molecule is CC(=O)C=C(C)O.CC(=O)C=C(C)O.CC(=O)C=C(C)O.CCC1=C(CC)c2cc3[n-]c(cc4nc(cc5[n-]c(cc1n2)c(C)c5CC)C(CC)=C4CC)c(CC)c3CC.Cc1cc2ccccc2nc1-c1[c-]cccc1.[Ir].[Ir].[Ir].[Pt+2].[c-]1c(-c2ccccn2)sc2ccccc12.[c-]1ccccc1-c1nccc2ccccc12. The number of aliphatic hydroxyl groups is 3. The van der Waals surface area contributed by atoms with Gasteiger partial charge in [-0.15, -0.1) is 117 Å². The third-order valence-electron chi connectivity index (χ3n) is 17.6. The molecule has 3 radical (unpaired) electrons. The number of aromatic nitrogens is 7. The van der Waals surface area contributed by atoms with E-state index in [2.05, 4.69) is 157 Å². The second-order valence-electron chi connectivity index (χ2n) is 25.8. The number of carbonyl (C=O) groups is 3. The smallest absolute Gasteiger partial charge is 0.657 e. The molecule has 2 aliphatic rings. The number of benzene rings is 5. The van der Waals surface area contributed by atoms with Crippen LogP contribution in [0.25, 0.3) is 109 Å². The van der Waals surface area contributed by atoms with Crippen LogP contribution in [-0.2, 0) is 115 Å². The van der Waals surface area contributed by atoms with Crippen LogP contribution in [-0.4, -0.2) is 57.6 Å². The van der Waals surface area contributed by atoms with E-state index < -0.39 is 0 Å². The van der Waals surface area contributed by atoms with Crippen molar-refractivity contribution in [3.8, 4) is 33.1 Å². The van der Waals surface area contributed by atoms with Crippen LogP contribution in [0, 0.1) is 32.0 Å². The summed E-state index contributed by atoms with van der Waals surface area (Å²) in [5.74, 6) is -0.187. The van der Waals surface area contributed by atoms with Gasteiger partial charge >= 0.3 is 21.1 Å². The summed E-state index contributed by atoms with van der Waals surface area (Å²) in [5, 5.41) is 29.8. The van der Waals surface area contributed by atoms with E-state index in [-0.39, 0.29) is 116 Å². The first-order valence-corrected chi connectivity index (χ1v) is 37.5. The number of hydrogen-bond donors (Lipinski definition) is 3. The second-order valence-corrected chi connectivity index (χ2v) is 26.8. The molecule has 0 unspecified atom stereocenters. The number of fused-ring (bicyclic) bond motifs is 11. The van der Waals surface area contributed by atoms with E-state index >= 15 is 0 Å². The molecule has 2 aliphatic heterocycles. The van der Waals surface area contributed by atoms with Crippen molar-refractivity contribution in [2.45, 2.75) is 149 Å². The van der Waals surface area contributed by atoms with Crippen LogP contribution in [0.2, 0.25) is 0 Å². The zero-order chi connectivity index (χ0) is 78.0. The van der Waals surface area contributed by atoms with Crippen LogP contribution in [0.3, 0.4) is 0 Å². The summed E-state index contributed by atoms with van der Waals surface area (Å²) in [6.45, 7) is 28.5. The number of nitrogens with zero attached hydrogens (tertiary/aromatic N) is 7. The minimum atomic E-state index is -0.125. The van der Waals surface area contributed by atoms with Gasteiger partial charge in [0.1, 0.15) is 0 Å². The standard InChI is InChI=1S/C35H42N4.C16H12N.C15H10N.C13H8NS.3C5H8O2.3Ir.Pt/c1-9-21-20(8)28-16-30-22(10-2)23(11-3)32(37-30)18-34-26(14-6)27(15-7)35(39-34)19-33-25(13-5)24(12-4)31(38-33)17-29(21)36-28;1-12-11-14-9-5-6-10-15(14)17-16(12)13-7-3-2-4-8-13;1-2-7-13(8-3-1)15-14-9-5-4-6-12(14)10-11-16-15;1-2-7-12-10(5-1)9-13(15-12)11-6-3-4-8-14-11;3*1-4(6)3-5(2)7;;;;/h16-19H,9-15H2,1-8H3;2-7,9-11H,1H3;1-7,9-11H;1-8H;3*3,6H,1-2H3;;;;/q-2;3*-1;;;;;;;+2. The molecule has 112 heavy (non-hydrogen) atoms. The quantitative estimate of drug-likeness (QED) is 0.0559. The van der Waals surface area contributed by atoms with Gasteiger partial charge in [-0.25, -0.2) is 21.3 Å². The van der Waals surface area contributed by atoms with Gasteiger partial charge in [0.2, 0.25) is 0 Å². The van der Waals surface area contributed by atoms with Gasteiger partial charge in [0.05, 0.1) is 45.6 Å². The molecule has 0 saturated heterocycles. The van der Waals surface area contributed by atoms with E-state index in [4.69, 9.17) is 40.2 Å². The summed E-state index contributed by atoms with van der Waals surface area (Å²) in [7, 11) is 0. The van der Waals surface area contributed by atoms with Gasteiger partial charge in [-0.3, -0.25) is 19.4 Å². The predicted octanol–water partition coefficient (Wildman–Crippen LogP) is 23.6. The fraction of sp³-hybridized carbons (Fsp3) is 0.234. The summed E-state index contributed by atoms with van der Waals surface area (Å²) >= 11 is 1.73. The Bertz CT molecular complexity index is 5380. The Morgan fingerprint density at radius 3 is 1.29 bits per heavy atom. The molecule has 0 amide bonds. The number of thiophene rings is 1. The van der Waals surface area contributed by atoms with Crippen molar-refractivity contribution in [3.05, 3.63) is 293 Å². The molecule has 3 N–H and O–H groups in total. The normalized spacial score (nSPS) is 11.4. The van der Waals surface area contributed by atoms with Gasteiger partial charge in [0.25, 0.3) is 0 Å². The van der Waals surface area contributed by atoms with Crippen LogP contribution < -0.4 is 9.97 Å². The van der Waals surface area contributed by atoms with Crippen molar-refractivity contribution in [1.82, 2.24) is 34.9 Å². The molecule has 13 nitrogen and oxygen atoms in total. The van der Waals surface area contributed by atoms with Gasteiger partial charge < -0.3 is 35.3 Å². The van der Waals surface area contributed by atoms with E-state index in [1.807, 2.05) is 122 Å². The number of para-hydroxylation sites is 1. The van der Waals surface area contributed by atoms with Crippen molar-refractivity contribution < 1.29 is 111 Å². The summed E-state index contributed by atoms with van der Waals surface area (Å²) in [5.41, 5.74) is 26.2. The molecule has 8 bridgehead atoms. The Balaban J connectivity index is 0.000000304. The average molecular weight is 2220 g/mol. The molecular weight excluding hydrogens is 2130 g/mol. The van der Waals surface area contributed by atoms with Crippen molar-refractivity contribution in [3.63, 3.8) is 0 Å². The number of rotatable bonds is 13. The molecule has 18 heteroatoms. The maximum Gasteiger partial charge on any atom is 2.00 e. The Labute approximate surface area is 718 Å². The van der Waals surface area contributed by atoms with Gasteiger partial charge in [-0.05, 0) is 178 Å². The van der Waals surface area contributed by atoms with Crippen LogP contribution in [0.15, 0.2) is 224 Å². The number of carbonyl (C=O) groups excluding carboxylic acids is 3. The molecule has 7 aromatic heterocycles. The third kappa shape index (κ3) is 26.2. The molecular formula is C94H96Ir3N7O6PtS-3. The van der Waals surface area contributed by atoms with Gasteiger partial charge in [0.15, 0.2) is 17.3 Å². The molecule has 9 heterocycles. The maximum atomic E-state index is 10.0. The number of pyridine rings is 3. The maximum absolute atomic E-state index is 10.0. The molecule has 589 valence electrons. The van der Waals surface area contributed by atoms with Crippen LogP contribution in [0.4, 0.5) is 0 Å². The van der Waals surface area contributed by atoms with Crippen molar-refractivity contribution in [2.75, 3.05) is 0 Å². The number of aliphatic hydroxyl groups excluding tert-OH is 3. The molecule has 14 rings (SSSR count). The Morgan fingerprint density at radius 2 is 0.857 bits per heavy atom. The third-order valence-corrected chi connectivity index (χ3v) is 18.7. The Kier molecular flexibility index (Phi) is 40.3. The average Bonchev–Trinajstić information content (AvgIpc) is 1.58. The Morgan fingerprint density at radius 1 is 0.429 bits per heavy atom. The molecule has 0 atom stereocenters. The largest absolute Gasteiger partial charge is 2.00 e. The van der Waals surface area contributed by atoms with Gasteiger partial charge in [-0.2, -0.15) is 0 Å². The number of aryl methyl sites for hydroxylation is 5. The van der Waals surface area contributed by atoms with E-state index in [0.29, 0.717) is 0 Å². The number of allylic oxidation sites excluding steroid dienone is 10. The summed E-state index contributed by atoms with van der Waals surface area (Å²) < 4.78 is 1.26. The summed E-state index contributed by atoms with van der Waals surface area (Å²) in [6, 6.07) is 69.5. The summed E-state index contributed by atoms with van der Waals surface area (Å²) in [6.07, 6.45) is 13.8. The summed E-state index contributed by atoms with van der Waals surface area (Å²) in [4.78, 5) is 65.5. The van der Waals surface area contributed by atoms with Gasteiger partial charge in [-0.1, -0.05) is 173 Å². The topological polar surface area (TPSA) is 205 Å². The van der Waals surface area contributed by atoms with Crippen LogP contribution >= 0.6 is 11.3 Å². The van der Waals surface area contributed by atoms with Crippen molar-refractivity contribution >= 4 is 105 Å². The fourth-order valence-corrected chi connectivity index (χ4v) is 14.0. The van der Waals surface area contributed by atoms with E-state index in [0.717, 1.165) is 128 Å². The molecule has 0 spiro atoms. The van der Waals surface area contributed by atoms with Gasteiger partial charge in [0, 0.05) is 96.6 Å². The number of hydrogen-bond acceptors (Lipinski definition) is 12. The second kappa shape index (κ2) is 47.4. The molecule has 0 aliphatic carbocycles. The molecule has 12 aromatic rings.